The number of hydrogen-bond acceptors (Lipinski definition) is 3. The van der Waals surface area contributed by atoms with Crippen molar-refractivity contribution in [1.82, 2.24) is 9.80 Å². The van der Waals surface area contributed by atoms with E-state index in [1.165, 1.54) is 30.3 Å². The van der Waals surface area contributed by atoms with E-state index in [2.05, 4.69) is 4.74 Å². The molecular formula is C20H19F5N2O2. The summed E-state index contributed by atoms with van der Waals surface area (Å²) < 4.78 is 67.1. The van der Waals surface area contributed by atoms with Crippen molar-refractivity contribution in [2.24, 2.45) is 0 Å². The number of benzene rings is 2. The van der Waals surface area contributed by atoms with E-state index in [1.54, 1.807) is 11.0 Å². The maximum Gasteiger partial charge on any atom is 0.416 e. The summed E-state index contributed by atoms with van der Waals surface area (Å²) in [5.41, 5.74) is 0.246. The molecule has 0 atom stereocenters. The zero-order valence-electron chi connectivity index (χ0n) is 15.3. The Bertz CT molecular complexity index is 832. The molecule has 0 spiro atoms. The number of nitrogens with zero attached hydrogens (tertiary/aromatic N) is 2. The van der Waals surface area contributed by atoms with Gasteiger partial charge in [0.15, 0.2) is 0 Å². The van der Waals surface area contributed by atoms with E-state index >= 15 is 0 Å². The predicted octanol–water partition coefficient (Wildman–Crippen LogP) is 4.26. The van der Waals surface area contributed by atoms with E-state index in [0.29, 0.717) is 43.9 Å². The number of carbonyl (C=O) groups excluding carboxylic acids is 1. The molecule has 0 bridgehead atoms. The number of alkyl halides is 5. The summed E-state index contributed by atoms with van der Waals surface area (Å²) in [6.07, 6.45) is -4.38. The number of rotatable bonds is 5. The van der Waals surface area contributed by atoms with Crippen molar-refractivity contribution in [3.63, 3.8) is 0 Å². The first-order valence-corrected chi connectivity index (χ1v) is 8.95. The minimum atomic E-state index is -4.38. The van der Waals surface area contributed by atoms with Gasteiger partial charge in [0.05, 0.1) is 5.56 Å². The van der Waals surface area contributed by atoms with Crippen LogP contribution in [0.1, 0.15) is 21.5 Å². The first-order valence-electron chi connectivity index (χ1n) is 8.95. The van der Waals surface area contributed by atoms with Crippen LogP contribution < -0.4 is 4.74 Å². The largest absolute Gasteiger partial charge is 0.435 e. The van der Waals surface area contributed by atoms with Gasteiger partial charge >= 0.3 is 12.8 Å². The van der Waals surface area contributed by atoms with Crippen molar-refractivity contribution in [2.45, 2.75) is 19.3 Å². The summed E-state index contributed by atoms with van der Waals surface area (Å²) in [6, 6.07) is 10.7. The predicted molar refractivity (Wildman–Crippen MR) is 95.7 cm³/mol. The molecule has 0 saturated carbocycles. The normalized spacial score (nSPS) is 15.6. The van der Waals surface area contributed by atoms with Crippen molar-refractivity contribution < 1.29 is 31.5 Å². The maximum atomic E-state index is 12.8. The zero-order chi connectivity index (χ0) is 21.0. The van der Waals surface area contributed by atoms with E-state index in [-0.39, 0.29) is 11.7 Å². The Kier molecular flexibility index (Phi) is 6.36. The third kappa shape index (κ3) is 5.66. The Hall–Kier alpha value is -2.68. The number of carbonyl (C=O) groups is 1. The first kappa shape index (κ1) is 21.0. The summed E-state index contributed by atoms with van der Waals surface area (Å²) in [6.45, 7) is -0.670. The van der Waals surface area contributed by atoms with E-state index in [9.17, 15) is 26.7 Å². The fourth-order valence-electron chi connectivity index (χ4n) is 3.17. The minimum Gasteiger partial charge on any atom is -0.435 e. The van der Waals surface area contributed by atoms with Crippen LogP contribution in [-0.4, -0.2) is 48.5 Å². The van der Waals surface area contributed by atoms with Crippen molar-refractivity contribution in [3.8, 4) is 5.75 Å². The second-order valence-electron chi connectivity index (χ2n) is 6.67. The van der Waals surface area contributed by atoms with E-state index in [4.69, 9.17) is 0 Å². The molecule has 1 aliphatic rings. The van der Waals surface area contributed by atoms with Crippen molar-refractivity contribution in [3.05, 3.63) is 65.2 Å². The lowest BCUT2D eigenvalue weighted by molar-refractivity contribution is -0.137. The molecular weight excluding hydrogens is 395 g/mol. The Balaban J connectivity index is 1.54. The topological polar surface area (TPSA) is 32.8 Å². The summed E-state index contributed by atoms with van der Waals surface area (Å²) in [5.74, 6) is -0.255. The fraction of sp³-hybridized carbons (Fsp3) is 0.350. The minimum absolute atomic E-state index is 0.0255. The molecule has 3 rings (SSSR count). The summed E-state index contributed by atoms with van der Waals surface area (Å²) in [4.78, 5) is 16.2. The number of ether oxygens (including phenoxy) is 1. The Labute approximate surface area is 164 Å². The molecule has 0 aromatic heterocycles. The molecule has 1 aliphatic heterocycles. The zero-order valence-corrected chi connectivity index (χ0v) is 15.3. The van der Waals surface area contributed by atoms with Gasteiger partial charge in [-0.2, -0.15) is 22.0 Å². The second kappa shape index (κ2) is 8.77. The molecule has 2 aromatic carbocycles. The quantitative estimate of drug-likeness (QED) is 0.686. The highest BCUT2D eigenvalue weighted by atomic mass is 19.4. The van der Waals surface area contributed by atoms with Crippen LogP contribution in [0.2, 0.25) is 0 Å². The van der Waals surface area contributed by atoms with E-state index in [1.807, 2.05) is 4.90 Å². The second-order valence-corrected chi connectivity index (χ2v) is 6.67. The number of halogens is 5. The monoisotopic (exact) mass is 414 g/mol. The van der Waals surface area contributed by atoms with Gasteiger partial charge in [-0.25, -0.2) is 0 Å². The molecule has 1 amide bonds. The molecule has 1 fully saturated rings. The Morgan fingerprint density at radius 1 is 1.00 bits per heavy atom. The van der Waals surface area contributed by atoms with Crippen LogP contribution in [0.4, 0.5) is 22.0 Å². The van der Waals surface area contributed by atoms with Crippen LogP contribution in [0.15, 0.2) is 48.5 Å². The number of piperazine rings is 1. The molecule has 0 aliphatic carbocycles. The smallest absolute Gasteiger partial charge is 0.416 e. The van der Waals surface area contributed by atoms with E-state index in [0.717, 1.165) is 12.1 Å². The summed E-state index contributed by atoms with van der Waals surface area (Å²) >= 11 is 0. The van der Waals surface area contributed by atoms with E-state index < -0.39 is 18.4 Å². The molecule has 156 valence electrons. The maximum absolute atomic E-state index is 12.8. The molecule has 9 heteroatoms. The Morgan fingerprint density at radius 3 is 2.24 bits per heavy atom. The van der Waals surface area contributed by atoms with Gasteiger partial charge < -0.3 is 9.64 Å². The van der Waals surface area contributed by atoms with Gasteiger partial charge in [0.1, 0.15) is 5.75 Å². The SMILES string of the molecule is O=C(c1ccc(OC(F)F)cc1)N1CCN(Cc2cccc(C(F)(F)F)c2)CC1. The molecule has 2 aromatic rings. The number of amides is 1. The standard InChI is InChI=1S/C20H19F5N2O2/c21-19(22)29-17-6-4-15(5-7-17)18(28)27-10-8-26(9-11-27)13-14-2-1-3-16(12-14)20(23,24)25/h1-7,12,19H,8-11,13H2. The van der Waals surface area contributed by atoms with Gasteiger partial charge in [0.2, 0.25) is 0 Å². The lowest BCUT2D eigenvalue weighted by Gasteiger charge is -2.35. The third-order valence-corrected chi connectivity index (χ3v) is 4.65. The first-order chi connectivity index (χ1) is 13.7. The van der Waals surface area contributed by atoms with Crippen LogP contribution in [-0.2, 0) is 12.7 Å². The van der Waals surface area contributed by atoms with Gasteiger partial charge in [-0.15, -0.1) is 0 Å². The lowest BCUT2D eigenvalue weighted by atomic mass is 10.1. The van der Waals surface area contributed by atoms with Gasteiger partial charge in [-0.05, 0) is 35.9 Å². The average Bonchev–Trinajstić information content (AvgIpc) is 2.68. The molecule has 0 unspecified atom stereocenters. The van der Waals surface area contributed by atoms with Crippen LogP contribution >= 0.6 is 0 Å². The lowest BCUT2D eigenvalue weighted by Crippen LogP contribution is -2.48. The van der Waals surface area contributed by atoms with Gasteiger partial charge in [-0.3, -0.25) is 9.69 Å². The van der Waals surface area contributed by atoms with Crippen molar-refractivity contribution in [2.75, 3.05) is 26.2 Å². The van der Waals surface area contributed by atoms with Gasteiger partial charge in [0, 0.05) is 38.3 Å². The summed E-state index contributed by atoms with van der Waals surface area (Å²) in [7, 11) is 0. The van der Waals surface area contributed by atoms with Crippen LogP contribution in [0.5, 0.6) is 5.75 Å². The summed E-state index contributed by atoms with van der Waals surface area (Å²) in [5, 5.41) is 0. The van der Waals surface area contributed by atoms with Crippen molar-refractivity contribution >= 4 is 5.91 Å². The fourth-order valence-corrected chi connectivity index (χ4v) is 3.17. The molecule has 1 heterocycles. The van der Waals surface area contributed by atoms with Crippen LogP contribution in [0.3, 0.4) is 0 Å². The van der Waals surface area contributed by atoms with Crippen LogP contribution in [0.25, 0.3) is 0 Å². The van der Waals surface area contributed by atoms with Gasteiger partial charge in [0.25, 0.3) is 5.91 Å². The molecule has 29 heavy (non-hydrogen) atoms. The molecule has 0 N–H and O–H groups in total. The molecule has 4 nitrogen and oxygen atoms in total. The molecule has 0 radical (unpaired) electrons. The van der Waals surface area contributed by atoms with Crippen LogP contribution in [0, 0.1) is 0 Å². The average molecular weight is 414 g/mol. The third-order valence-electron chi connectivity index (χ3n) is 4.65. The highest BCUT2D eigenvalue weighted by Gasteiger charge is 2.30. The highest BCUT2D eigenvalue weighted by Crippen LogP contribution is 2.29. The molecule has 1 saturated heterocycles. The number of hydrogen-bond donors (Lipinski definition) is 0. The van der Waals surface area contributed by atoms with Gasteiger partial charge in [-0.1, -0.05) is 18.2 Å². The highest BCUT2D eigenvalue weighted by molar-refractivity contribution is 5.94. The Morgan fingerprint density at radius 2 is 1.66 bits per heavy atom. The van der Waals surface area contributed by atoms with Crippen molar-refractivity contribution in [1.29, 1.82) is 0 Å².